The number of carbonyl (C=O) groups is 1. The maximum Gasteiger partial charge on any atom is 0.330 e. The molecule has 3 heterocycles. The van der Waals surface area contributed by atoms with Crippen LogP contribution in [0.3, 0.4) is 0 Å². The predicted octanol–water partition coefficient (Wildman–Crippen LogP) is 0.205. The monoisotopic (exact) mass is 372 g/mol. The van der Waals surface area contributed by atoms with Gasteiger partial charge in [0.1, 0.15) is 5.56 Å². The molecule has 0 saturated heterocycles. The minimum absolute atomic E-state index is 0.128. The van der Waals surface area contributed by atoms with Crippen molar-refractivity contribution < 1.29 is 19.4 Å². The first-order chi connectivity index (χ1) is 12.9. The fourth-order valence-corrected chi connectivity index (χ4v) is 3.20. The van der Waals surface area contributed by atoms with Crippen molar-refractivity contribution in [2.45, 2.75) is 19.4 Å². The number of amides is 1. The average molecular weight is 372 g/mol. The van der Waals surface area contributed by atoms with Gasteiger partial charge in [0.15, 0.2) is 11.5 Å². The Morgan fingerprint density at radius 2 is 2.04 bits per heavy atom. The highest BCUT2D eigenvalue weighted by Gasteiger charge is 2.35. The lowest BCUT2D eigenvalue weighted by Crippen LogP contribution is -2.32. The van der Waals surface area contributed by atoms with Gasteiger partial charge < -0.3 is 14.6 Å². The lowest BCUT2D eigenvalue weighted by molar-refractivity contribution is -0.130. The minimum Gasteiger partial charge on any atom is -0.494 e. The summed E-state index contributed by atoms with van der Waals surface area (Å²) in [5, 5.41) is 15.7. The quantitative estimate of drug-likeness (QED) is 0.776. The summed E-state index contributed by atoms with van der Waals surface area (Å²) in [4.78, 5) is 38.1. The van der Waals surface area contributed by atoms with Gasteiger partial charge in [-0.1, -0.05) is 6.07 Å². The number of benzene rings is 1. The zero-order chi connectivity index (χ0) is 19.3. The lowest BCUT2D eigenvalue weighted by Gasteiger charge is -2.20. The average Bonchev–Trinajstić information content (AvgIpc) is 3.26. The van der Waals surface area contributed by atoms with Crippen LogP contribution >= 0.6 is 0 Å². The molecular weight excluding hydrogens is 356 g/mol. The Hall–Kier alpha value is -3.56. The highest BCUT2D eigenvalue weighted by Crippen LogP contribution is 2.39. The number of nitrogens with one attached hydrogen (secondary N) is 1. The number of aromatic hydroxyl groups is 1. The fraction of sp³-hybridized carbons (Fsp3) is 0.294. The first-order valence-electron chi connectivity index (χ1n) is 8.16. The SMILES string of the molecule is CC(=O)N1N=C(c2c(O)n(C)c(=O)[nH]c2=O)CC1c1ccc2c(c1)OCO2. The topological polar surface area (TPSA) is 126 Å². The van der Waals surface area contributed by atoms with Crippen molar-refractivity contribution >= 4 is 11.6 Å². The number of ether oxygens (including phenoxy) is 2. The third-order valence-electron chi connectivity index (χ3n) is 4.60. The molecule has 1 amide bonds. The molecule has 10 nitrogen and oxygen atoms in total. The fourth-order valence-electron chi connectivity index (χ4n) is 3.20. The predicted molar refractivity (Wildman–Crippen MR) is 92.9 cm³/mol. The second-order valence-corrected chi connectivity index (χ2v) is 6.26. The van der Waals surface area contributed by atoms with Gasteiger partial charge in [-0.05, 0) is 17.7 Å². The molecule has 1 atom stereocenters. The van der Waals surface area contributed by atoms with Gasteiger partial charge in [-0.15, -0.1) is 0 Å². The van der Waals surface area contributed by atoms with E-state index in [1.165, 1.54) is 19.0 Å². The number of rotatable bonds is 2. The van der Waals surface area contributed by atoms with Gasteiger partial charge in [0.25, 0.3) is 5.56 Å². The first-order valence-corrected chi connectivity index (χ1v) is 8.16. The van der Waals surface area contributed by atoms with Crippen LogP contribution in [0.2, 0.25) is 0 Å². The number of hydrogen-bond donors (Lipinski definition) is 2. The van der Waals surface area contributed by atoms with E-state index in [2.05, 4.69) is 10.1 Å². The molecule has 1 aromatic heterocycles. The highest BCUT2D eigenvalue weighted by molar-refractivity contribution is 6.04. The van der Waals surface area contributed by atoms with Crippen molar-refractivity contribution in [3.05, 3.63) is 50.2 Å². The third-order valence-corrected chi connectivity index (χ3v) is 4.60. The smallest absolute Gasteiger partial charge is 0.330 e. The molecule has 2 aromatic rings. The number of fused-ring (bicyclic) bond motifs is 1. The number of nitrogens with zero attached hydrogens (tertiary/aromatic N) is 3. The van der Waals surface area contributed by atoms with Crippen molar-refractivity contribution in [2.24, 2.45) is 12.1 Å². The van der Waals surface area contributed by atoms with E-state index in [4.69, 9.17) is 9.47 Å². The molecule has 2 aliphatic rings. The van der Waals surface area contributed by atoms with Crippen LogP contribution in [0.5, 0.6) is 17.4 Å². The maximum atomic E-state index is 12.2. The number of aromatic nitrogens is 2. The Morgan fingerprint density at radius 3 is 2.78 bits per heavy atom. The van der Waals surface area contributed by atoms with E-state index in [-0.39, 0.29) is 30.4 Å². The van der Waals surface area contributed by atoms with E-state index in [0.717, 1.165) is 10.1 Å². The minimum atomic E-state index is -0.760. The van der Waals surface area contributed by atoms with Gasteiger partial charge in [-0.25, -0.2) is 9.80 Å². The van der Waals surface area contributed by atoms with Gasteiger partial charge in [0.2, 0.25) is 18.6 Å². The molecule has 27 heavy (non-hydrogen) atoms. The molecule has 0 bridgehead atoms. The number of hydrazone groups is 1. The van der Waals surface area contributed by atoms with Gasteiger partial charge in [0, 0.05) is 20.4 Å². The Balaban J connectivity index is 1.77. The molecule has 0 aliphatic carbocycles. The summed E-state index contributed by atoms with van der Waals surface area (Å²) in [6.07, 6.45) is 0.189. The molecular formula is C17H16N4O6. The Labute approximate surface area is 152 Å². The molecule has 0 spiro atoms. The summed E-state index contributed by atoms with van der Waals surface area (Å²) in [5.74, 6) is 0.345. The maximum absolute atomic E-state index is 12.2. The Bertz CT molecular complexity index is 1100. The van der Waals surface area contributed by atoms with Gasteiger partial charge >= 0.3 is 5.69 Å². The summed E-state index contributed by atoms with van der Waals surface area (Å²) < 4.78 is 11.6. The van der Waals surface area contributed by atoms with E-state index in [0.29, 0.717) is 11.5 Å². The van der Waals surface area contributed by atoms with Crippen LogP contribution < -0.4 is 20.7 Å². The van der Waals surface area contributed by atoms with Crippen LogP contribution in [0, 0.1) is 0 Å². The number of hydrogen-bond acceptors (Lipinski definition) is 7. The van der Waals surface area contributed by atoms with Crippen LogP contribution in [0.25, 0.3) is 0 Å². The van der Waals surface area contributed by atoms with Crippen LogP contribution in [0.1, 0.15) is 30.5 Å². The zero-order valence-corrected chi connectivity index (χ0v) is 14.6. The summed E-state index contributed by atoms with van der Waals surface area (Å²) in [6, 6.07) is 4.80. The number of H-pyrrole nitrogens is 1. The van der Waals surface area contributed by atoms with E-state index in [1.54, 1.807) is 18.2 Å². The first kappa shape index (κ1) is 16.9. The molecule has 0 saturated carbocycles. The van der Waals surface area contributed by atoms with Gasteiger partial charge in [-0.2, -0.15) is 5.10 Å². The van der Waals surface area contributed by atoms with E-state index in [1.807, 2.05) is 0 Å². The summed E-state index contributed by atoms with van der Waals surface area (Å²) in [7, 11) is 1.32. The van der Waals surface area contributed by atoms with Crippen molar-refractivity contribution in [1.29, 1.82) is 0 Å². The van der Waals surface area contributed by atoms with Gasteiger partial charge in [-0.3, -0.25) is 19.1 Å². The van der Waals surface area contributed by atoms with E-state index < -0.39 is 23.2 Å². The molecule has 1 aromatic carbocycles. The van der Waals surface area contributed by atoms with Crippen molar-refractivity contribution in [2.75, 3.05) is 6.79 Å². The Kier molecular flexibility index (Phi) is 3.76. The molecule has 2 N–H and O–H groups in total. The van der Waals surface area contributed by atoms with Gasteiger partial charge in [0.05, 0.1) is 11.8 Å². The summed E-state index contributed by atoms with van der Waals surface area (Å²) >= 11 is 0. The molecule has 0 radical (unpaired) electrons. The molecule has 4 rings (SSSR count). The second kappa shape index (κ2) is 6.01. The standard InChI is InChI=1S/C17H16N4O6/c1-8(22)21-11(9-3-4-12-13(5-9)27-7-26-12)6-10(19-21)14-15(23)18-17(25)20(2)16(14)24/h3-5,11,24H,6-7H2,1-2H3,(H,18,23,25). The summed E-state index contributed by atoms with van der Waals surface area (Å²) in [6.45, 7) is 1.49. The van der Waals surface area contributed by atoms with Crippen molar-refractivity contribution in [1.82, 2.24) is 14.6 Å². The van der Waals surface area contributed by atoms with Crippen LogP contribution in [-0.4, -0.2) is 38.1 Å². The third kappa shape index (κ3) is 2.65. The zero-order valence-electron chi connectivity index (χ0n) is 14.6. The van der Waals surface area contributed by atoms with Crippen molar-refractivity contribution in [3.8, 4) is 17.4 Å². The molecule has 0 fully saturated rings. The lowest BCUT2D eigenvalue weighted by atomic mass is 9.99. The van der Waals surface area contributed by atoms with Crippen LogP contribution in [-0.2, 0) is 11.8 Å². The van der Waals surface area contributed by atoms with Crippen LogP contribution in [0.15, 0.2) is 32.9 Å². The molecule has 2 aliphatic heterocycles. The number of carbonyl (C=O) groups excluding carboxylic acids is 1. The highest BCUT2D eigenvalue weighted by atomic mass is 16.7. The summed E-state index contributed by atoms with van der Waals surface area (Å²) in [5.41, 5.74) is -0.678. The largest absolute Gasteiger partial charge is 0.494 e. The van der Waals surface area contributed by atoms with Crippen molar-refractivity contribution in [3.63, 3.8) is 0 Å². The second-order valence-electron chi connectivity index (χ2n) is 6.26. The molecule has 10 heteroatoms. The van der Waals surface area contributed by atoms with Crippen LogP contribution in [0.4, 0.5) is 0 Å². The molecule has 1 unspecified atom stereocenters. The molecule has 140 valence electrons. The van der Waals surface area contributed by atoms with E-state index >= 15 is 0 Å². The normalized spacial score (nSPS) is 17.9. The Morgan fingerprint density at radius 1 is 1.30 bits per heavy atom. The van der Waals surface area contributed by atoms with E-state index in [9.17, 15) is 19.5 Å². The number of aromatic amines is 1.